The van der Waals surface area contributed by atoms with Crippen molar-refractivity contribution in [2.45, 2.75) is 6.18 Å². The van der Waals surface area contributed by atoms with E-state index in [1.54, 1.807) is 0 Å². The monoisotopic (exact) mass is 1200 g/mol. The highest BCUT2D eigenvalue weighted by Gasteiger charge is 2.38. The second kappa shape index (κ2) is 22.6. The Morgan fingerprint density at radius 3 is 0.815 bits per heavy atom. The number of benzene rings is 10. The molecule has 11 heteroatoms. The third kappa shape index (κ3) is 9.93. The summed E-state index contributed by atoms with van der Waals surface area (Å²) in [7, 11) is 0. The molecule has 10 aromatic carbocycles. The maximum atomic E-state index is 16.5. The molecule has 0 spiro atoms. The van der Waals surface area contributed by atoms with Crippen LogP contribution in [0.15, 0.2) is 298 Å². The van der Waals surface area contributed by atoms with Crippen molar-refractivity contribution in [3.63, 3.8) is 0 Å². The molecule has 0 atom stereocenters. The van der Waals surface area contributed by atoms with Gasteiger partial charge in [0.25, 0.3) is 0 Å². The van der Waals surface area contributed by atoms with Crippen molar-refractivity contribution in [3.8, 4) is 112 Å². The van der Waals surface area contributed by atoms with Crippen molar-refractivity contribution < 1.29 is 22.0 Å². The molecule has 0 unspecified atom stereocenters. The summed E-state index contributed by atoms with van der Waals surface area (Å²) in [4.78, 5) is 19.5. The molecule has 6 nitrogen and oxygen atoms in total. The first-order chi connectivity index (χ1) is 45.1. The lowest BCUT2D eigenvalue weighted by Crippen LogP contribution is -2.13. The van der Waals surface area contributed by atoms with Crippen LogP contribution in [0.4, 0.5) is 22.0 Å². The van der Waals surface area contributed by atoms with E-state index in [1.165, 1.54) is 6.07 Å². The Labute approximate surface area is 525 Å². The Morgan fingerprint density at radius 1 is 0.261 bits per heavy atom. The van der Waals surface area contributed by atoms with Crippen molar-refractivity contribution in [1.29, 1.82) is 0 Å². The Morgan fingerprint density at radius 2 is 0.543 bits per heavy atom. The van der Waals surface area contributed by atoms with Crippen molar-refractivity contribution in [2.24, 2.45) is 0 Å². The van der Waals surface area contributed by atoms with Gasteiger partial charge in [-0.25, -0.2) is 8.78 Å². The van der Waals surface area contributed by atoms with E-state index in [2.05, 4.69) is 12.1 Å². The first-order valence-electron chi connectivity index (χ1n) is 30.0. The van der Waals surface area contributed by atoms with Gasteiger partial charge in [-0.1, -0.05) is 176 Å². The molecule has 0 saturated carbocycles. The molecule has 0 aliphatic carbocycles. The highest BCUT2D eigenvalue weighted by atomic mass is 19.4. The quantitative estimate of drug-likeness (QED) is 0.121. The number of rotatable bonds is 11. The van der Waals surface area contributed by atoms with E-state index < -0.39 is 34.5 Å². The normalized spacial score (nSPS) is 11.8. The van der Waals surface area contributed by atoms with Crippen LogP contribution in [0, 0.1) is 11.6 Å². The van der Waals surface area contributed by atoms with Gasteiger partial charge >= 0.3 is 6.18 Å². The van der Waals surface area contributed by atoms with E-state index in [9.17, 15) is 0 Å². The van der Waals surface area contributed by atoms with Crippen molar-refractivity contribution in [3.05, 3.63) is 315 Å². The third-order valence-corrected chi connectivity index (χ3v) is 17.3. The molecule has 6 aromatic heterocycles. The number of alkyl halides is 3. The summed E-state index contributed by atoms with van der Waals surface area (Å²) in [5.41, 5.74) is 13.8. The van der Waals surface area contributed by atoms with E-state index in [-0.39, 0.29) is 11.4 Å². The fourth-order valence-electron chi connectivity index (χ4n) is 12.8. The minimum atomic E-state index is -5.10. The maximum Gasteiger partial charge on any atom is 0.417 e. The fraction of sp³-hybridized carbons (Fsp3) is 0.0123. The number of aromatic nitrogens is 6. The second-order valence-corrected chi connectivity index (χ2v) is 22.8. The van der Waals surface area contributed by atoms with Crippen molar-refractivity contribution in [2.75, 3.05) is 0 Å². The van der Waals surface area contributed by atoms with Crippen LogP contribution < -0.4 is 0 Å². The number of hydrogen-bond acceptors (Lipinski definition) is 4. The van der Waals surface area contributed by atoms with Gasteiger partial charge in [-0.2, -0.15) is 13.2 Å². The number of hydrogen-bond donors (Lipinski definition) is 0. The number of fused-ring (bicyclic) bond motifs is 6. The Bertz CT molecular complexity index is 5160. The lowest BCUT2D eigenvalue weighted by Gasteiger charge is -2.22. The number of pyridine rings is 4. The molecule has 0 saturated heterocycles. The minimum Gasteiger partial charge on any atom is -0.307 e. The van der Waals surface area contributed by atoms with Gasteiger partial charge in [-0.15, -0.1) is 0 Å². The van der Waals surface area contributed by atoms with Crippen LogP contribution in [0.5, 0.6) is 0 Å². The predicted molar refractivity (Wildman–Crippen MR) is 360 cm³/mol. The van der Waals surface area contributed by atoms with E-state index in [0.29, 0.717) is 22.1 Å². The van der Waals surface area contributed by atoms with Gasteiger partial charge in [-0.3, -0.25) is 19.9 Å². The molecule has 16 rings (SSSR count). The summed E-state index contributed by atoms with van der Waals surface area (Å²) in [6.45, 7) is 0. The molecule has 0 fully saturated rings. The van der Waals surface area contributed by atoms with Crippen LogP contribution in [0.2, 0.25) is 0 Å². The van der Waals surface area contributed by atoms with Gasteiger partial charge in [0.1, 0.15) is 11.6 Å². The molecule has 0 aliphatic heterocycles. The average Bonchev–Trinajstić information content (AvgIpc) is 1.52. The fourth-order valence-corrected chi connectivity index (χ4v) is 12.8. The zero-order valence-corrected chi connectivity index (χ0v) is 48.9. The summed E-state index contributed by atoms with van der Waals surface area (Å²) in [5, 5.41) is 3.00. The minimum absolute atomic E-state index is 0.106. The van der Waals surface area contributed by atoms with Crippen LogP contribution in [0.25, 0.3) is 156 Å². The van der Waals surface area contributed by atoms with Gasteiger partial charge in [0.05, 0.1) is 67.3 Å². The van der Waals surface area contributed by atoms with Crippen LogP contribution >= 0.6 is 0 Å². The summed E-state index contributed by atoms with van der Waals surface area (Å²) in [6, 6.07) is 84.9. The molecular formula is C81H49F5N6. The number of nitrogens with zero attached hydrogens (tertiary/aromatic N) is 6. The molecule has 0 aliphatic rings. The third-order valence-electron chi connectivity index (χ3n) is 17.3. The molecule has 92 heavy (non-hydrogen) atoms. The lowest BCUT2D eigenvalue weighted by atomic mass is 9.96. The predicted octanol–water partition coefficient (Wildman–Crippen LogP) is 21.8. The molecule has 0 bridgehead atoms. The van der Waals surface area contributed by atoms with Crippen molar-refractivity contribution in [1.82, 2.24) is 29.1 Å². The van der Waals surface area contributed by atoms with Gasteiger partial charge in [0, 0.05) is 96.4 Å². The van der Waals surface area contributed by atoms with Crippen LogP contribution in [0.1, 0.15) is 5.56 Å². The van der Waals surface area contributed by atoms with Gasteiger partial charge < -0.3 is 9.13 Å². The topological polar surface area (TPSA) is 61.4 Å². The second-order valence-electron chi connectivity index (χ2n) is 22.8. The van der Waals surface area contributed by atoms with E-state index in [4.69, 9.17) is 19.9 Å². The smallest absolute Gasteiger partial charge is 0.307 e. The SMILES string of the molecule is Fc1cccc(F)c1-c1cc(-n2c3ccc(-c4ccc(-c5ccccc5)nc4)cc3c3cc(-c4ccc(-c5ccccc5)nc4)ccc32)c(-n2c3ccc(-c4ccc(-c5ccccc5)nc4)cc3c3cc(-c4ccc(-c5ccccc5)nc4)ccc32)cc1C(F)(F)F. The summed E-state index contributed by atoms with van der Waals surface area (Å²) in [5.74, 6) is -2.28. The average molecular weight is 1200 g/mol. The Kier molecular flexibility index (Phi) is 13.6. The number of halogens is 5. The summed E-state index contributed by atoms with van der Waals surface area (Å²) in [6.07, 6.45) is 2.22. The molecule has 16 aromatic rings. The van der Waals surface area contributed by atoms with Crippen LogP contribution in [-0.4, -0.2) is 29.1 Å². The maximum absolute atomic E-state index is 16.5. The standard InChI is InChI=1S/C81H49F5N6/c82-68-22-13-23-69(83)80(68)66-44-78(91-74-36-28-54(58-24-32-70(87-46-58)50-14-5-1-6-15-50)40-62(74)63-41-55(29-37-75(63)91)59-25-33-71(88-47-59)51-16-7-2-8-17-51)79(45-67(66)81(84,85)86)92-76-38-30-56(60-26-34-72(89-48-60)52-18-9-3-10-19-52)42-64(76)65-43-57(31-39-77(65)92)61-27-35-73(90-49-61)53-20-11-4-12-21-53/h1-49H. The highest BCUT2D eigenvalue weighted by molar-refractivity contribution is 6.14. The molecule has 0 N–H and O–H groups in total. The van der Waals surface area contributed by atoms with Gasteiger partial charge in [0.15, 0.2) is 0 Å². The molecular weight excluding hydrogens is 1150 g/mol. The largest absolute Gasteiger partial charge is 0.417 e. The van der Waals surface area contributed by atoms with Crippen LogP contribution in [-0.2, 0) is 6.18 Å². The zero-order valence-electron chi connectivity index (χ0n) is 48.9. The molecule has 0 radical (unpaired) electrons. The van der Waals surface area contributed by atoms with E-state index >= 15 is 22.0 Å². The first-order valence-corrected chi connectivity index (χ1v) is 30.0. The summed E-state index contributed by atoms with van der Waals surface area (Å²) >= 11 is 0. The highest BCUT2D eigenvalue weighted by Crippen LogP contribution is 2.48. The van der Waals surface area contributed by atoms with Gasteiger partial charge in [0.2, 0.25) is 0 Å². The molecule has 438 valence electrons. The van der Waals surface area contributed by atoms with Gasteiger partial charge in [-0.05, 0) is 119 Å². The zero-order chi connectivity index (χ0) is 62.0. The van der Waals surface area contributed by atoms with E-state index in [0.717, 1.165) is 135 Å². The molecule has 0 amide bonds. The Hall–Kier alpha value is -12.0. The van der Waals surface area contributed by atoms with Crippen molar-refractivity contribution >= 4 is 43.6 Å². The lowest BCUT2D eigenvalue weighted by molar-refractivity contribution is -0.137. The summed E-state index contributed by atoms with van der Waals surface area (Å²) < 4.78 is 85.8. The Balaban J connectivity index is 0.958. The first kappa shape index (κ1) is 55.4. The van der Waals surface area contributed by atoms with Crippen LogP contribution in [0.3, 0.4) is 0 Å². The molecule has 6 heterocycles. The van der Waals surface area contributed by atoms with E-state index in [1.807, 2.05) is 264 Å².